The molecule has 0 aromatic heterocycles. The summed E-state index contributed by atoms with van der Waals surface area (Å²) < 4.78 is 27.6. The summed E-state index contributed by atoms with van der Waals surface area (Å²) in [5.41, 5.74) is 3.00. The first-order chi connectivity index (χ1) is 15.8. The van der Waals surface area contributed by atoms with Gasteiger partial charge in [0.2, 0.25) is 15.9 Å². The van der Waals surface area contributed by atoms with Gasteiger partial charge in [0, 0.05) is 39.9 Å². The van der Waals surface area contributed by atoms with Crippen molar-refractivity contribution in [3.05, 3.63) is 88.4 Å². The monoisotopic (exact) mass is 502 g/mol. The van der Waals surface area contributed by atoms with E-state index < -0.39 is 15.9 Å². The Balaban J connectivity index is 1.49. The Bertz CT molecular complexity index is 1230. The summed E-state index contributed by atoms with van der Waals surface area (Å²) in [6.07, 6.45) is 1.23. The minimum Gasteiger partial charge on any atom is -0.325 e. The number of para-hydroxylation sites is 1. The molecule has 1 aliphatic rings. The largest absolute Gasteiger partial charge is 0.325 e. The smallest absolute Gasteiger partial charge is 0.228 e. The van der Waals surface area contributed by atoms with Gasteiger partial charge in [-0.1, -0.05) is 77.8 Å². The van der Waals surface area contributed by atoms with Gasteiger partial charge >= 0.3 is 0 Å². The number of rotatable bonds is 6. The van der Waals surface area contributed by atoms with Crippen LogP contribution in [0.25, 0.3) is 11.1 Å². The standard InChI is InChI=1S/C25H24Cl2N2O3S/c26-22-12-6-13-23(27)21(22)17-33(31,32)29-15-7-10-19(16-29)25(30)28-24-14-5-4-11-20(24)18-8-2-1-3-9-18/h1-6,8-9,11-14,19H,7,10,15-17H2,(H,28,30). The predicted molar refractivity (Wildman–Crippen MR) is 134 cm³/mol. The normalized spacial score (nSPS) is 17.0. The first-order valence-electron chi connectivity index (χ1n) is 10.7. The molecule has 8 heteroatoms. The number of anilines is 1. The van der Waals surface area contributed by atoms with Crippen LogP contribution in [0.15, 0.2) is 72.8 Å². The number of amides is 1. The SMILES string of the molecule is O=C(Nc1ccccc1-c1ccccc1)C1CCCN(S(=O)(=O)Cc2c(Cl)cccc2Cl)C1. The summed E-state index contributed by atoms with van der Waals surface area (Å²) >= 11 is 12.4. The maximum Gasteiger partial charge on any atom is 0.228 e. The third kappa shape index (κ3) is 5.58. The number of carbonyl (C=O) groups excluding carboxylic acids is 1. The highest BCUT2D eigenvalue weighted by atomic mass is 35.5. The van der Waals surface area contributed by atoms with Gasteiger partial charge in [0.05, 0.1) is 11.7 Å². The molecule has 0 radical (unpaired) electrons. The van der Waals surface area contributed by atoms with Gasteiger partial charge in [-0.15, -0.1) is 0 Å². The van der Waals surface area contributed by atoms with Crippen molar-refractivity contribution in [2.45, 2.75) is 18.6 Å². The zero-order valence-corrected chi connectivity index (χ0v) is 20.2. The third-order valence-corrected chi connectivity index (χ3v) is 8.29. The Morgan fingerprint density at radius 3 is 2.33 bits per heavy atom. The lowest BCUT2D eigenvalue weighted by Crippen LogP contribution is -2.44. The molecule has 1 unspecified atom stereocenters. The first-order valence-corrected chi connectivity index (χ1v) is 13.1. The second kappa shape index (κ2) is 10.3. The lowest BCUT2D eigenvalue weighted by Gasteiger charge is -2.31. The van der Waals surface area contributed by atoms with E-state index in [0.29, 0.717) is 40.7 Å². The van der Waals surface area contributed by atoms with Gasteiger partial charge in [0.15, 0.2) is 0 Å². The maximum atomic E-state index is 13.1. The van der Waals surface area contributed by atoms with E-state index in [4.69, 9.17) is 23.2 Å². The summed E-state index contributed by atoms with van der Waals surface area (Å²) in [6.45, 7) is 0.499. The molecule has 1 N–H and O–H groups in total. The fourth-order valence-corrected chi connectivity index (χ4v) is 6.41. The number of piperidine rings is 1. The average molecular weight is 503 g/mol. The second-order valence-corrected chi connectivity index (χ2v) is 10.8. The molecule has 1 heterocycles. The van der Waals surface area contributed by atoms with Crippen LogP contribution in [0.5, 0.6) is 0 Å². The van der Waals surface area contributed by atoms with Crippen LogP contribution in [0, 0.1) is 5.92 Å². The molecule has 3 aromatic carbocycles. The summed E-state index contributed by atoms with van der Waals surface area (Å²) in [4.78, 5) is 13.1. The van der Waals surface area contributed by atoms with Crippen molar-refractivity contribution in [1.29, 1.82) is 0 Å². The molecule has 1 fully saturated rings. The molecule has 0 saturated carbocycles. The lowest BCUT2D eigenvalue weighted by atomic mass is 9.98. The average Bonchev–Trinajstić information content (AvgIpc) is 2.82. The van der Waals surface area contributed by atoms with Gasteiger partial charge in [-0.05, 0) is 36.6 Å². The maximum absolute atomic E-state index is 13.1. The number of nitrogens with zero attached hydrogens (tertiary/aromatic N) is 1. The molecular weight excluding hydrogens is 479 g/mol. The second-order valence-electron chi connectivity index (χ2n) is 8.05. The molecular formula is C25H24Cl2N2O3S. The van der Waals surface area contributed by atoms with Crippen LogP contribution in [0.2, 0.25) is 10.0 Å². The van der Waals surface area contributed by atoms with Crippen molar-refractivity contribution >= 4 is 44.8 Å². The summed E-state index contributed by atoms with van der Waals surface area (Å²) in [6, 6.07) is 22.3. The van der Waals surface area contributed by atoms with Crippen molar-refractivity contribution < 1.29 is 13.2 Å². The van der Waals surface area contributed by atoms with Crippen LogP contribution in [0.1, 0.15) is 18.4 Å². The van der Waals surface area contributed by atoms with Gasteiger partial charge in [0.25, 0.3) is 0 Å². The number of halogens is 2. The van der Waals surface area contributed by atoms with E-state index in [9.17, 15) is 13.2 Å². The van der Waals surface area contributed by atoms with E-state index in [0.717, 1.165) is 11.1 Å². The third-order valence-electron chi connectivity index (χ3n) is 5.81. The molecule has 1 aliphatic heterocycles. The number of hydrogen-bond acceptors (Lipinski definition) is 3. The van der Waals surface area contributed by atoms with Gasteiger partial charge in [0.1, 0.15) is 0 Å². The Morgan fingerprint density at radius 1 is 0.939 bits per heavy atom. The molecule has 0 aliphatic carbocycles. The van der Waals surface area contributed by atoms with Gasteiger partial charge in [-0.3, -0.25) is 4.79 Å². The molecule has 0 bridgehead atoms. The lowest BCUT2D eigenvalue weighted by molar-refractivity contribution is -0.120. The van der Waals surface area contributed by atoms with E-state index in [1.54, 1.807) is 18.2 Å². The minimum atomic E-state index is -3.69. The highest BCUT2D eigenvalue weighted by Gasteiger charge is 2.33. The van der Waals surface area contributed by atoms with Crippen LogP contribution in [0.3, 0.4) is 0 Å². The summed E-state index contributed by atoms with van der Waals surface area (Å²) in [7, 11) is -3.69. The van der Waals surface area contributed by atoms with E-state index in [-0.39, 0.29) is 18.2 Å². The van der Waals surface area contributed by atoms with Crippen LogP contribution in [-0.4, -0.2) is 31.7 Å². The van der Waals surface area contributed by atoms with E-state index in [1.165, 1.54) is 4.31 Å². The quantitative estimate of drug-likeness (QED) is 0.460. The van der Waals surface area contributed by atoms with Gasteiger partial charge < -0.3 is 5.32 Å². The molecule has 5 nitrogen and oxygen atoms in total. The number of nitrogens with one attached hydrogen (secondary N) is 1. The molecule has 1 atom stereocenters. The summed E-state index contributed by atoms with van der Waals surface area (Å²) in [5.74, 6) is -0.926. The molecule has 1 amide bonds. The van der Waals surface area contributed by atoms with E-state index in [2.05, 4.69) is 5.32 Å². The Hall–Kier alpha value is -2.38. The Morgan fingerprint density at radius 2 is 1.61 bits per heavy atom. The fourth-order valence-electron chi connectivity index (χ4n) is 4.05. The molecule has 4 rings (SSSR count). The molecule has 1 saturated heterocycles. The number of sulfonamides is 1. The highest BCUT2D eigenvalue weighted by molar-refractivity contribution is 7.88. The van der Waals surface area contributed by atoms with Crippen LogP contribution >= 0.6 is 23.2 Å². The van der Waals surface area contributed by atoms with Crippen LogP contribution < -0.4 is 5.32 Å². The van der Waals surface area contributed by atoms with Crippen molar-refractivity contribution in [3.8, 4) is 11.1 Å². The summed E-state index contributed by atoms with van der Waals surface area (Å²) in [5, 5.41) is 3.65. The van der Waals surface area contributed by atoms with E-state index in [1.807, 2.05) is 54.6 Å². The van der Waals surface area contributed by atoms with Crippen molar-refractivity contribution in [2.24, 2.45) is 5.92 Å². The topological polar surface area (TPSA) is 66.5 Å². The molecule has 33 heavy (non-hydrogen) atoms. The zero-order valence-electron chi connectivity index (χ0n) is 17.9. The van der Waals surface area contributed by atoms with Gasteiger partial charge in [-0.2, -0.15) is 0 Å². The van der Waals surface area contributed by atoms with Gasteiger partial charge in [-0.25, -0.2) is 12.7 Å². The van der Waals surface area contributed by atoms with Crippen molar-refractivity contribution in [1.82, 2.24) is 4.31 Å². The molecule has 0 spiro atoms. The van der Waals surface area contributed by atoms with Crippen molar-refractivity contribution in [3.63, 3.8) is 0 Å². The minimum absolute atomic E-state index is 0.129. The zero-order chi connectivity index (χ0) is 23.4. The molecule has 172 valence electrons. The Labute approximate surface area is 204 Å². The highest BCUT2D eigenvalue weighted by Crippen LogP contribution is 2.31. The Kier molecular flexibility index (Phi) is 7.39. The first kappa shape index (κ1) is 23.8. The fraction of sp³-hybridized carbons (Fsp3) is 0.240. The van der Waals surface area contributed by atoms with Crippen LogP contribution in [-0.2, 0) is 20.6 Å². The van der Waals surface area contributed by atoms with Crippen molar-refractivity contribution in [2.75, 3.05) is 18.4 Å². The number of benzene rings is 3. The van der Waals surface area contributed by atoms with E-state index >= 15 is 0 Å². The predicted octanol–water partition coefficient (Wildman–Crippen LogP) is 5.84. The van der Waals surface area contributed by atoms with Crippen LogP contribution in [0.4, 0.5) is 5.69 Å². The number of hydrogen-bond donors (Lipinski definition) is 1. The number of carbonyl (C=O) groups is 1. The molecule has 3 aromatic rings.